The lowest BCUT2D eigenvalue weighted by atomic mass is 9.92. The highest BCUT2D eigenvalue weighted by atomic mass is 32.2. The van der Waals surface area contributed by atoms with Crippen molar-refractivity contribution in [3.8, 4) is 0 Å². The van der Waals surface area contributed by atoms with Crippen molar-refractivity contribution in [2.75, 3.05) is 11.5 Å². The summed E-state index contributed by atoms with van der Waals surface area (Å²) >= 11 is 0. The Kier molecular flexibility index (Phi) is 3.95. The van der Waals surface area contributed by atoms with Crippen LogP contribution in [-0.2, 0) is 9.84 Å². The van der Waals surface area contributed by atoms with E-state index in [1.54, 1.807) is 0 Å². The maximum atomic E-state index is 11.2. The van der Waals surface area contributed by atoms with E-state index in [-0.39, 0.29) is 23.7 Å². The second-order valence-electron chi connectivity index (χ2n) is 4.46. The van der Waals surface area contributed by atoms with Gasteiger partial charge in [-0.15, -0.1) is 0 Å². The summed E-state index contributed by atoms with van der Waals surface area (Å²) in [6, 6.07) is 0. The number of rotatable bonds is 4. The molecule has 1 aliphatic rings. The van der Waals surface area contributed by atoms with Gasteiger partial charge in [-0.1, -0.05) is 20.3 Å². The van der Waals surface area contributed by atoms with E-state index < -0.39 is 9.84 Å². The molecule has 0 aromatic carbocycles. The lowest BCUT2D eigenvalue weighted by molar-refractivity contribution is 0.0912. The first-order chi connectivity index (χ1) is 6.44. The molecule has 0 radical (unpaired) electrons. The first kappa shape index (κ1) is 12.0. The standard InChI is InChI=1S/C10H20O3S/c1-3-8(2)10(11)6-9-4-5-14(12,13)7-9/h8-11H,3-7H2,1-2H3. The van der Waals surface area contributed by atoms with Gasteiger partial charge in [0.05, 0.1) is 17.6 Å². The molecule has 0 spiro atoms. The summed E-state index contributed by atoms with van der Waals surface area (Å²) in [6.45, 7) is 4.05. The van der Waals surface area contributed by atoms with E-state index in [0.717, 1.165) is 12.8 Å². The predicted octanol–water partition coefficient (Wildman–Crippen LogP) is 1.22. The van der Waals surface area contributed by atoms with Crippen LogP contribution in [0.4, 0.5) is 0 Å². The fraction of sp³-hybridized carbons (Fsp3) is 1.00. The monoisotopic (exact) mass is 220 g/mol. The van der Waals surface area contributed by atoms with Crippen molar-refractivity contribution in [3.63, 3.8) is 0 Å². The lowest BCUT2D eigenvalue weighted by Crippen LogP contribution is -2.21. The molecule has 1 aliphatic heterocycles. The van der Waals surface area contributed by atoms with Gasteiger partial charge in [0.2, 0.25) is 0 Å². The van der Waals surface area contributed by atoms with Crippen molar-refractivity contribution in [3.05, 3.63) is 0 Å². The van der Waals surface area contributed by atoms with Gasteiger partial charge in [0.1, 0.15) is 0 Å². The number of hydrogen-bond acceptors (Lipinski definition) is 3. The molecule has 1 rings (SSSR count). The van der Waals surface area contributed by atoms with E-state index in [1.165, 1.54) is 0 Å². The summed E-state index contributed by atoms with van der Waals surface area (Å²) in [5.74, 6) is 1.05. The Morgan fingerprint density at radius 3 is 2.57 bits per heavy atom. The molecule has 0 aliphatic carbocycles. The number of aliphatic hydroxyl groups is 1. The van der Waals surface area contributed by atoms with Crippen LogP contribution in [0.25, 0.3) is 0 Å². The smallest absolute Gasteiger partial charge is 0.150 e. The zero-order valence-corrected chi connectivity index (χ0v) is 9.76. The Bertz CT molecular complexity index is 271. The largest absolute Gasteiger partial charge is 0.393 e. The van der Waals surface area contributed by atoms with E-state index in [1.807, 2.05) is 13.8 Å². The van der Waals surface area contributed by atoms with Crippen LogP contribution in [0, 0.1) is 11.8 Å². The molecular weight excluding hydrogens is 200 g/mol. The summed E-state index contributed by atoms with van der Waals surface area (Å²) in [5.41, 5.74) is 0. The van der Waals surface area contributed by atoms with Gasteiger partial charge in [0.25, 0.3) is 0 Å². The SMILES string of the molecule is CCC(C)C(O)CC1CCS(=O)(=O)C1. The van der Waals surface area contributed by atoms with E-state index in [9.17, 15) is 13.5 Å². The fourth-order valence-electron chi connectivity index (χ4n) is 1.90. The van der Waals surface area contributed by atoms with Crippen molar-refractivity contribution >= 4 is 9.84 Å². The molecule has 4 heteroatoms. The Labute approximate surface area is 86.4 Å². The van der Waals surface area contributed by atoms with Gasteiger partial charge in [-0.25, -0.2) is 8.42 Å². The fourth-order valence-corrected chi connectivity index (χ4v) is 3.78. The van der Waals surface area contributed by atoms with Gasteiger partial charge >= 0.3 is 0 Å². The highest BCUT2D eigenvalue weighted by Gasteiger charge is 2.30. The first-order valence-corrected chi connectivity index (χ1v) is 7.15. The third kappa shape index (κ3) is 3.24. The Morgan fingerprint density at radius 1 is 1.50 bits per heavy atom. The van der Waals surface area contributed by atoms with Crippen molar-refractivity contribution in [1.29, 1.82) is 0 Å². The normalized spacial score (nSPS) is 30.1. The van der Waals surface area contributed by atoms with Crippen LogP contribution in [0.2, 0.25) is 0 Å². The van der Waals surface area contributed by atoms with Gasteiger partial charge in [0, 0.05) is 0 Å². The Morgan fingerprint density at radius 2 is 2.14 bits per heavy atom. The topological polar surface area (TPSA) is 54.4 Å². The maximum Gasteiger partial charge on any atom is 0.150 e. The number of hydrogen-bond donors (Lipinski definition) is 1. The summed E-state index contributed by atoms with van der Waals surface area (Å²) in [5, 5.41) is 9.75. The molecule has 14 heavy (non-hydrogen) atoms. The highest BCUT2D eigenvalue weighted by Crippen LogP contribution is 2.25. The van der Waals surface area contributed by atoms with E-state index in [4.69, 9.17) is 0 Å². The van der Waals surface area contributed by atoms with Crippen LogP contribution in [-0.4, -0.2) is 31.1 Å². The van der Waals surface area contributed by atoms with E-state index in [0.29, 0.717) is 12.2 Å². The number of sulfone groups is 1. The molecule has 1 N–H and O–H groups in total. The maximum absolute atomic E-state index is 11.2. The van der Waals surface area contributed by atoms with E-state index >= 15 is 0 Å². The van der Waals surface area contributed by atoms with Gasteiger partial charge < -0.3 is 5.11 Å². The summed E-state index contributed by atoms with van der Waals surface area (Å²) < 4.78 is 22.4. The van der Waals surface area contributed by atoms with E-state index in [2.05, 4.69) is 0 Å². The molecule has 3 unspecified atom stereocenters. The van der Waals surface area contributed by atoms with Crippen molar-refractivity contribution in [2.24, 2.45) is 11.8 Å². The highest BCUT2D eigenvalue weighted by molar-refractivity contribution is 7.91. The zero-order valence-electron chi connectivity index (χ0n) is 8.94. The minimum Gasteiger partial charge on any atom is -0.393 e. The quantitative estimate of drug-likeness (QED) is 0.775. The predicted molar refractivity (Wildman–Crippen MR) is 56.8 cm³/mol. The minimum absolute atomic E-state index is 0.184. The zero-order chi connectivity index (χ0) is 10.8. The summed E-state index contributed by atoms with van der Waals surface area (Å²) in [7, 11) is -2.78. The van der Waals surface area contributed by atoms with Crippen LogP contribution in [0.1, 0.15) is 33.1 Å². The molecule has 1 saturated heterocycles. The summed E-state index contributed by atoms with van der Waals surface area (Å²) in [4.78, 5) is 0. The average molecular weight is 220 g/mol. The average Bonchev–Trinajstić information content (AvgIpc) is 2.44. The van der Waals surface area contributed by atoms with Crippen LogP contribution in [0.15, 0.2) is 0 Å². The van der Waals surface area contributed by atoms with Gasteiger partial charge in [0.15, 0.2) is 9.84 Å². The van der Waals surface area contributed by atoms with Crippen LogP contribution in [0.5, 0.6) is 0 Å². The van der Waals surface area contributed by atoms with Gasteiger partial charge in [-0.3, -0.25) is 0 Å². The third-order valence-corrected chi connectivity index (χ3v) is 5.04. The molecule has 0 amide bonds. The molecule has 1 fully saturated rings. The summed E-state index contributed by atoms with van der Waals surface area (Å²) in [6.07, 6.45) is 1.99. The van der Waals surface area contributed by atoms with Gasteiger partial charge in [-0.2, -0.15) is 0 Å². The molecule has 0 bridgehead atoms. The molecular formula is C10H20O3S. The first-order valence-electron chi connectivity index (χ1n) is 5.33. The molecule has 3 nitrogen and oxygen atoms in total. The third-order valence-electron chi connectivity index (χ3n) is 3.20. The van der Waals surface area contributed by atoms with Crippen molar-refractivity contribution in [2.45, 2.75) is 39.2 Å². The van der Waals surface area contributed by atoms with Crippen LogP contribution < -0.4 is 0 Å². The molecule has 1 heterocycles. The van der Waals surface area contributed by atoms with Crippen molar-refractivity contribution < 1.29 is 13.5 Å². The Balaban J connectivity index is 2.39. The minimum atomic E-state index is -2.78. The molecule has 0 saturated carbocycles. The molecule has 0 aromatic rings. The molecule has 0 aromatic heterocycles. The van der Waals surface area contributed by atoms with Gasteiger partial charge in [-0.05, 0) is 24.7 Å². The Hall–Kier alpha value is -0.0900. The second kappa shape index (κ2) is 4.62. The van der Waals surface area contributed by atoms with Crippen LogP contribution in [0.3, 0.4) is 0 Å². The molecule has 84 valence electrons. The molecule has 3 atom stereocenters. The van der Waals surface area contributed by atoms with Crippen LogP contribution >= 0.6 is 0 Å². The lowest BCUT2D eigenvalue weighted by Gasteiger charge is -2.19. The second-order valence-corrected chi connectivity index (χ2v) is 6.69. The van der Waals surface area contributed by atoms with Crippen molar-refractivity contribution in [1.82, 2.24) is 0 Å². The number of aliphatic hydroxyl groups excluding tert-OH is 1.